The van der Waals surface area contributed by atoms with Crippen LogP contribution in [0.5, 0.6) is 23.0 Å². The number of unbranched alkanes of at least 4 members (excludes halogenated alkanes) is 7. The molecule has 0 spiro atoms. The lowest BCUT2D eigenvalue weighted by Crippen LogP contribution is -2.28. The maximum Gasteiger partial charge on any atom is 0.119 e. The van der Waals surface area contributed by atoms with E-state index in [9.17, 15) is 10.2 Å². The van der Waals surface area contributed by atoms with Crippen molar-refractivity contribution in [3.63, 3.8) is 0 Å². The minimum absolute atomic E-state index is 0.273. The molecular formula is C61H66O4. The first kappa shape index (κ1) is 46.5. The lowest BCUT2D eigenvalue weighted by atomic mass is 9.67. The van der Waals surface area contributed by atoms with Gasteiger partial charge in [0.15, 0.2) is 0 Å². The normalized spacial score (nSPS) is 12.1. The number of aryl methyl sites for hydroxylation is 2. The molecule has 0 fully saturated rings. The van der Waals surface area contributed by atoms with E-state index in [0.717, 1.165) is 71.9 Å². The maximum absolute atomic E-state index is 10.0. The van der Waals surface area contributed by atoms with Crippen LogP contribution in [-0.2, 0) is 18.3 Å². The van der Waals surface area contributed by atoms with E-state index in [2.05, 4.69) is 147 Å². The Morgan fingerprint density at radius 1 is 0.385 bits per heavy atom. The molecule has 0 heterocycles. The van der Waals surface area contributed by atoms with E-state index in [0.29, 0.717) is 0 Å². The van der Waals surface area contributed by atoms with Crippen LogP contribution in [0.1, 0.15) is 112 Å². The van der Waals surface area contributed by atoms with Gasteiger partial charge in [0.2, 0.25) is 0 Å². The molecule has 0 bridgehead atoms. The Bertz CT molecular complexity index is 2540. The van der Waals surface area contributed by atoms with Gasteiger partial charge in [0.25, 0.3) is 0 Å². The first-order valence-electron chi connectivity index (χ1n) is 24.1. The summed E-state index contributed by atoms with van der Waals surface area (Å²) in [6.45, 7) is 10.0. The molecule has 0 unspecified atom stereocenters. The van der Waals surface area contributed by atoms with Gasteiger partial charge in [-0.2, -0.15) is 0 Å². The van der Waals surface area contributed by atoms with Crippen LogP contribution in [0, 0.1) is 0 Å². The van der Waals surface area contributed by atoms with Gasteiger partial charge in [-0.1, -0.05) is 175 Å². The van der Waals surface area contributed by atoms with Crippen LogP contribution in [0.25, 0.3) is 32.7 Å². The molecule has 334 valence electrons. The minimum atomic E-state index is -0.495. The van der Waals surface area contributed by atoms with Crippen LogP contribution in [0.3, 0.4) is 0 Å². The topological polar surface area (TPSA) is 58.9 Å². The number of ether oxygens (including phenoxy) is 2. The second-order valence-corrected chi connectivity index (χ2v) is 16.9. The Morgan fingerprint density at radius 2 is 0.738 bits per heavy atom. The van der Waals surface area contributed by atoms with E-state index in [1.54, 1.807) is 12.1 Å². The van der Waals surface area contributed by atoms with Gasteiger partial charge in [-0.25, -0.2) is 0 Å². The number of hydrogen-bond donors (Lipinski definition) is 2. The molecule has 1 aliphatic carbocycles. The van der Waals surface area contributed by atoms with Crippen molar-refractivity contribution < 1.29 is 19.7 Å². The predicted molar refractivity (Wildman–Crippen MR) is 273 cm³/mol. The minimum Gasteiger partial charge on any atom is -0.508 e. The van der Waals surface area contributed by atoms with Crippen molar-refractivity contribution in [1.29, 1.82) is 0 Å². The molecular weight excluding hydrogens is 797 g/mol. The fourth-order valence-corrected chi connectivity index (χ4v) is 9.24. The quantitative estimate of drug-likeness (QED) is 0.0896. The Hall–Kier alpha value is -6.52. The first-order valence-corrected chi connectivity index (χ1v) is 24.1. The first-order chi connectivity index (χ1) is 32.0. The highest BCUT2D eigenvalue weighted by atomic mass is 16.5. The summed E-state index contributed by atoms with van der Waals surface area (Å²) in [6.07, 6.45) is 12.3. The average Bonchev–Trinajstić information content (AvgIpc) is 3.66. The number of phenols is 2. The van der Waals surface area contributed by atoms with Crippen molar-refractivity contribution in [1.82, 2.24) is 0 Å². The van der Waals surface area contributed by atoms with Crippen molar-refractivity contribution >= 4 is 21.5 Å². The van der Waals surface area contributed by atoms with Gasteiger partial charge in [-0.15, -0.1) is 0 Å². The van der Waals surface area contributed by atoms with Gasteiger partial charge in [-0.05, 0) is 152 Å². The summed E-state index contributed by atoms with van der Waals surface area (Å²) in [5.74, 6) is 2.55. The van der Waals surface area contributed by atoms with E-state index < -0.39 is 5.41 Å². The molecule has 8 aromatic carbocycles. The SMILES string of the molecule is CC.CCc1ccc(OCCCCCCCCCCOc2ccc(CC)cc2)cc1.Oc1ccc2cc(C3(c4ccc5cc(O)ccc5c4)c4ccccc4-c4ccccc43)ccc2c1. The second-order valence-electron chi connectivity index (χ2n) is 16.9. The standard InChI is InChI=1S/C33H22O2.C26H38O2.C2H6/c34-27-15-11-21-17-25(13-9-23(21)19-27)33(26-14-10-24-20-28(35)16-12-22(24)18-26)31-7-3-1-5-29(31)30-6-2-4-8-32(30)33;1-3-23-13-17-25(18-14-23)27-21-11-9-7-5-6-8-10-12-22-28-26-19-15-24(4-2)16-20-26;1-2/h1-20,34-35H;13-20H,3-12,21-22H2,1-2H3;1-2H3. The van der Waals surface area contributed by atoms with Gasteiger partial charge in [-0.3, -0.25) is 0 Å². The number of hydrogen-bond acceptors (Lipinski definition) is 4. The molecule has 2 N–H and O–H groups in total. The smallest absolute Gasteiger partial charge is 0.119 e. The Kier molecular flexibility index (Phi) is 16.4. The molecule has 4 heteroatoms. The van der Waals surface area contributed by atoms with Gasteiger partial charge >= 0.3 is 0 Å². The van der Waals surface area contributed by atoms with Crippen molar-refractivity contribution in [2.75, 3.05) is 13.2 Å². The molecule has 0 saturated heterocycles. The van der Waals surface area contributed by atoms with E-state index in [4.69, 9.17) is 9.47 Å². The average molecular weight is 863 g/mol. The van der Waals surface area contributed by atoms with Crippen LogP contribution in [-0.4, -0.2) is 23.4 Å². The Morgan fingerprint density at radius 3 is 1.14 bits per heavy atom. The molecule has 65 heavy (non-hydrogen) atoms. The number of aromatic hydroxyl groups is 2. The lowest BCUT2D eigenvalue weighted by Gasteiger charge is -2.34. The monoisotopic (exact) mass is 862 g/mol. The summed E-state index contributed by atoms with van der Waals surface area (Å²) >= 11 is 0. The van der Waals surface area contributed by atoms with Crippen LogP contribution < -0.4 is 9.47 Å². The van der Waals surface area contributed by atoms with Crippen molar-refractivity contribution in [3.8, 4) is 34.1 Å². The second kappa shape index (κ2) is 22.9. The molecule has 0 aliphatic heterocycles. The van der Waals surface area contributed by atoms with Gasteiger partial charge in [0, 0.05) is 0 Å². The van der Waals surface area contributed by atoms with Crippen molar-refractivity contribution in [2.24, 2.45) is 0 Å². The van der Waals surface area contributed by atoms with Crippen LogP contribution >= 0.6 is 0 Å². The number of rotatable bonds is 17. The van der Waals surface area contributed by atoms with Gasteiger partial charge in [0.1, 0.15) is 23.0 Å². The van der Waals surface area contributed by atoms with Crippen LogP contribution in [0.15, 0.2) is 170 Å². The third-order valence-electron chi connectivity index (χ3n) is 12.7. The highest BCUT2D eigenvalue weighted by molar-refractivity contribution is 5.92. The van der Waals surface area contributed by atoms with Crippen molar-refractivity contribution in [2.45, 2.75) is 97.3 Å². The van der Waals surface area contributed by atoms with E-state index in [1.807, 2.05) is 38.1 Å². The summed E-state index contributed by atoms with van der Waals surface area (Å²) < 4.78 is 11.6. The van der Waals surface area contributed by atoms with Crippen LogP contribution in [0.2, 0.25) is 0 Å². The molecule has 9 rings (SSSR count). The van der Waals surface area contributed by atoms with Gasteiger partial charge < -0.3 is 19.7 Å². The fraction of sp³-hybridized carbons (Fsp3) is 0.279. The molecule has 0 atom stereocenters. The summed E-state index contributed by atoms with van der Waals surface area (Å²) in [6, 6.07) is 58.6. The molecule has 4 nitrogen and oxygen atoms in total. The molecule has 0 aromatic heterocycles. The Balaban J connectivity index is 0.000000192. The predicted octanol–water partition coefficient (Wildman–Crippen LogP) is 16.2. The Labute approximate surface area is 387 Å². The third-order valence-corrected chi connectivity index (χ3v) is 12.7. The molecule has 0 radical (unpaired) electrons. The third kappa shape index (κ3) is 11.1. The van der Waals surface area contributed by atoms with Crippen LogP contribution in [0.4, 0.5) is 0 Å². The number of phenolic OH excluding ortho intramolecular Hbond substituents is 2. The molecule has 1 aliphatic rings. The zero-order valence-corrected chi connectivity index (χ0v) is 38.9. The fourth-order valence-electron chi connectivity index (χ4n) is 9.24. The maximum atomic E-state index is 10.0. The van der Waals surface area contributed by atoms with E-state index in [1.165, 1.54) is 83.0 Å². The largest absolute Gasteiger partial charge is 0.508 e. The number of fused-ring (bicyclic) bond motifs is 5. The summed E-state index contributed by atoms with van der Waals surface area (Å²) in [7, 11) is 0. The number of benzene rings is 8. The van der Waals surface area contributed by atoms with Crippen molar-refractivity contribution in [3.05, 3.63) is 203 Å². The summed E-state index contributed by atoms with van der Waals surface area (Å²) in [5.41, 5.74) is 9.63. The zero-order valence-electron chi connectivity index (χ0n) is 38.9. The molecule has 0 saturated carbocycles. The van der Waals surface area contributed by atoms with E-state index >= 15 is 0 Å². The highest BCUT2D eigenvalue weighted by Gasteiger charge is 2.46. The highest BCUT2D eigenvalue weighted by Crippen LogP contribution is 2.56. The summed E-state index contributed by atoms with van der Waals surface area (Å²) in [4.78, 5) is 0. The zero-order chi connectivity index (χ0) is 45.4. The molecule has 8 aromatic rings. The summed E-state index contributed by atoms with van der Waals surface area (Å²) in [5, 5.41) is 24.2. The lowest BCUT2D eigenvalue weighted by molar-refractivity contribution is 0.301. The van der Waals surface area contributed by atoms with Gasteiger partial charge in [0.05, 0.1) is 18.6 Å². The molecule has 0 amide bonds. The van der Waals surface area contributed by atoms with E-state index in [-0.39, 0.29) is 11.5 Å².